The summed E-state index contributed by atoms with van der Waals surface area (Å²) < 4.78 is 93.8. The highest BCUT2D eigenvalue weighted by Gasteiger charge is 2.69. The van der Waals surface area contributed by atoms with Crippen LogP contribution in [0.1, 0.15) is 99.3 Å². The zero-order valence-corrected chi connectivity index (χ0v) is 40.9. The first kappa shape index (κ1) is 53.2. The fraction of sp³-hybridized carbons (Fsp3) is 0.939. The Bertz CT molecular complexity index is 1880. The van der Waals surface area contributed by atoms with Crippen molar-refractivity contribution in [1.29, 1.82) is 0 Å². The Hall–Kier alpha value is -1.64. The highest BCUT2D eigenvalue weighted by Crippen LogP contribution is 2.70. The maximum Gasteiger partial charge on any atom is 0.471 e. The maximum absolute atomic E-state index is 12.6. The zero-order chi connectivity index (χ0) is 50.4. The number of hydrogen-bond donors (Lipinski definition) is 8. The minimum Gasteiger partial charge on any atom is -0.394 e. The van der Waals surface area contributed by atoms with Gasteiger partial charge in [0.1, 0.15) is 61.0 Å². The average molecular weight is 1010 g/mol. The Labute approximate surface area is 406 Å². The van der Waals surface area contributed by atoms with Gasteiger partial charge in [-0.25, -0.2) is 0 Å². The van der Waals surface area contributed by atoms with Crippen LogP contribution in [-0.2, 0) is 47.4 Å². The topological polar surface area (TPSA) is 254 Å². The molecule has 4 aliphatic carbocycles. The molecule has 5 saturated heterocycles. The number of alkyl halides is 3. The second-order valence-corrected chi connectivity index (χ2v) is 22.7. The number of fused-ring (bicyclic) bond motifs is 7. The van der Waals surface area contributed by atoms with E-state index < -0.39 is 136 Å². The van der Waals surface area contributed by atoms with Crippen LogP contribution in [0.2, 0.25) is 0 Å². The summed E-state index contributed by atoms with van der Waals surface area (Å²) in [4.78, 5) is 11.2. The number of allylic oxidation sites excluding steroid dienone is 1. The lowest BCUT2D eigenvalue weighted by Gasteiger charge is -2.58. The van der Waals surface area contributed by atoms with Crippen LogP contribution >= 0.6 is 0 Å². The van der Waals surface area contributed by atoms with E-state index in [4.69, 9.17) is 42.6 Å². The van der Waals surface area contributed by atoms with Crippen molar-refractivity contribution in [3.05, 3.63) is 11.6 Å². The second-order valence-electron chi connectivity index (χ2n) is 22.7. The number of carbonyl (C=O) groups is 1. The summed E-state index contributed by atoms with van der Waals surface area (Å²) in [6, 6.07) is 0. The van der Waals surface area contributed by atoms with Gasteiger partial charge in [-0.1, -0.05) is 39.3 Å². The third kappa shape index (κ3) is 9.43. The first-order chi connectivity index (χ1) is 33.0. The molecule has 0 aromatic heterocycles. The quantitative estimate of drug-likeness (QED) is 0.109. The lowest BCUT2D eigenvalue weighted by molar-refractivity contribution is -0.389. The lowest BCUT2D eigenvalue weighted by Crippen LogP contribution is -2.66. The number of aliphatic hydroxyl groups excluding tert-OH is 7. The van der Waals surface area contributed by atoms with Gasteiger partial charge in [0.05, 0.1) is 44.2 Å². The van der Waals surface area contributed by atoms with Gasteiger partial charge in [-0.2, -0.15) is 13.2 Å². The molecule has 70 heavy (non-hydrogen) atoms. The van der Waals surface area contributed by atoms with Crippen molar-refractivity contribution in [1.82, 2.24) is 5.32 Å². The summed E-state index contributed by atoms with van der Waals surface area (Å²) in [6.45, 7) is 11.4. The first-order valence-corrected chi connectivity index (χ1v) is 25.6. The van der Waals surface area contributed by atoms with Gasteiger partial charge in [0.2, 0.25) is 0 Å². The molecule has 9 aliphatic rings. The first-order valence-electron chi connectivity index (χ1n) is 25.6. The van der Waals surface area contributed by atoms with Gasteiger partial charge in [-0.3, -0.25) is 4.79 Å². The second kappa shape index (κ2) is 20.1. The van der Waals surface area contributed by atoms with Crippen molar-refractivity contribution >= 4 is 5.91 Å². The molecule has 8 N–H and O–H groups in total. The Morgan fingerprint density at radius 2 is 1.49 bits per heavy atom. The number of amides is 1. The van der Waals surface area contributed by atoms with Crippen molar-refractivity contribution in [2.75, 3.05) is 26.4 Å². The molecule has 8 fully saturated rings. The smallest absolute Gasteiger partial charge is 0.394 e. The summed E-state index contributed by atoms with van der Waals surface area (Å²) in [5, 5.41) is 78.8. The molecule has 5 heterocycles. The van der Waals surface area contributed by atoms with Crippen molar-refractivity contribution in [3.63, 3.8) is 0 Å². The predicted molar refractivity (Wildman–Crippen MR) is 236 cm³/mol. The van der Waals surface area contributed by atoms with Gasteiger partial charge in [0.15, 0.2) is 24.7 Å². The Morgan fingerprint density at radius 3 is 2.17 bits per heavy atom. The van der Waals surface area contributed by atoms with E-state index in [1.165, 1.54) is 19.4 Å². The fourth-order valence-electron chi connectivity index (χ4n) is 14.7. The molecule has 18 nitrogen and oxygen atoms in total. The van der Waals surface area contributed by atoms with Gasteiger partial charge >= 0.3 is 12.1 Å². The Morgan fingerprint density at radius 1 is 0.786 bits per heavy atom. The number of aliphatic hydroxyl groups is 7. The number of carbonyl (C=O) groups excluding carboxylic acids is 1. The van der Waals surface area contributed by atoms with E-state index >= 15 is 0 Å². The average Bonchev–Trinajstić information content (AvgIpc) is 3.76. The van der Waals surface area contributed by atoms with Crippen LogP contribution in [0.25, 0.3) is 0 Å². The van der Waals surface area contributed by atoms with Crippen molar-refractivity contribution in [2.24, 2.45) is 46.3 Å². The van der Waals surface area contributed by atoms with E-state index in [0.29, 0.717) is 48.3 Å². The summed E-state index contributed by atoms with van der Waals surface area (Å²) in [6.07, 6.45) is -17.3. The van der Waals surface area contributed by atoms with Crippen LogP contribution < -0.4 is 5.32 Å². The SMILES string of the molecule is C[C@@H]1CC[C@@]2(OC1)O[C@H]1C[C@H]3[C@@H]4CC=C5C[C@@H](O[C@@H]6O[C@H](CO)[C@@H](O[C@H]7O[C@H](C)[C@@H](OCCNC(=O)C(F)(F)F)[C@H](O)[C@@H]7O)[C@H](O)[C@H]6O[C@H]6O[C@H](C)[C@@H](O)[C@H](O)[C@@H]6O)CC[C@]5(C)[C@H]4CC[C@]3(C)[C@H]1[C@@H]2C. The predicted octanol–water partition coefficient (Wildman–Crippen LogP) is 1.94. The number of halogens is 3. The molecule has 0 radical (unpaired) electrons. The molecule has 400 valence electrons. The van der Waals surface area contributed by atoms with Crippen molar-refractivity contribution < 1.29 is 96.3 Å². The van der Waals surface area contributed by atoms with Gasteiger partial charge in [0.25, 0.3) is 0 Å². The fourth-order valence-corrected chi connectivity index (χ4v) is 14.7. The molecular weight excluding hydrogens is 932 g/mol. The molecule has 3 saturated carbocycles. The van der Waals surface area contributed by atoms with Gasteiger partial charge in [-0.05, 0) is 106 Å². The summed E-state index contributed by atoms with van der Waals surface area (Å²) in [5.41, 5.74) is 1.39. The van der Waals surface area contributed by atoms with Gasteiger partial charge < -0.3 is 83.7 Å². The van der Waals surface area contributed by atoms with Crippen molar-refractivity contribution in [2.45, 2.75) is 216 Å². The minimum atomic E-state index is -5.10. The van der Waals surface area contributed by atoms with Crippen LogP contribution in [0.3, 0.4) is 0 Å². The maximum atomic E-state index is 12.6. The van der Waals surface area contributed by atoms with Gasteiger partial charge in [-0.15, -0.1) is 0 Å². The zero-order valence-electron chi connectivity index (χ0n) is 40.9. The molecule has 5 aliphatic heterocycles. The molecule has 1 spiro atoms. The molecule has 0 aromatic rings. The van der Waals surface area contributed by atoms with E-state index in [0.717, 1.165) is 51.6 Å². The molecule has 26 atom stereocenters. The van der Waals surface area contributed by atoms with E-state index in [-0.39, 0.29) is 16.9 Å². The van der Waals surface area contributed by atoms with Crippen LogP contribution in [0.5, 0.6) is 0 Å². The van der Waals surface area contributed by atoms with E-state index in [9.17, 15) is 53.7 Å². The minimum absolute atomic E-state index is 0.0731. The number of rotatable bonds is 11. The van der Waals surface area contributed by atoms with Crippen LogP contribution in [0, 0.1) is 46.3 Å². The molecule has 9 rings (SSSR count). The highest BCUT2D eigenvalue weighted by atomic mass is 19.4. The number of hydrogen-bond acceptors (Lipinski definition) is 17. The van der Waals surface area contributed by atoms with Crippen LogP contribution in [-0.4, -0.2) is 184 Å². The molecule has 1 amide bonds. The molecule has 0 unspecified atom stereocenters. The standard InChI is InChI=1S/C49H76F3NO17/c1-21-9-14-48(63-20-21)22(2)32-30(70-48)18-29-27-8-7-25-17-26(10-12-46(25,5)28(27)11-13-47(29,32)6)66-44-41(69-42-36(58)34(56)33(55)23(3)64-42)38(60)40(31(19-54)67-44)68-43-37(59)35(57)39(24(4)65-43)62-16-15-53-45(61)49(50,51)52/h7,21-24,26-44,54-60H,8-20H2,1-6H3,(H,53,61)/t21-,22+,23-,24-,26+,27-,28+,29+,30+,31-,32+,33-,34+,35-,36+,37+,38+,39-,40-,41-,42-,43-,44-,46+,47+,48-/m1/s1. The summed E-state index contributed by atoms with van der Waals surface area (Å²) in [5.74, 6) is 0.207. The van der Waals surface area contributed by atoms with E-state index in [1.54, 1.807) is 5.32 Å². The van der Waals surface area contributed by atoms with Crippen LogP contribution in [0.15, 0.2) is 11.6 Å². The van der Waals surface area contributed by atoms with E-state index in [1.807, 2.05) is 0 Å². The lowest BCUT2D eigenvalue weighted by atomic mass is 9.47. The normalized spacial score (nSPS) is 52.6. The molecule has 0 aromatic carbocycles. The third-order valence-corrected chi connectivity index (χ3v) is 18.6. The highest BCUT2D eigenvalue weighted by molar-refractivity contribution is 5.81. The number of ether oxygens (including phenoxy) is 9. The monoisotopic (exact) mass is 1010 g/mol. The largest absolute Gasteiger partial charge is 0.471 e. The Kier molecular flexibility index (Phi) is 15.3. The van der Waals surface area contributed by atoms with Crippen molar-refractivity contribution in [3.8, 4) is 0 Å². The summed E-state index contributed by atoms with van der Waals surface area (Å²) >= 11 is 0. The molecule has 0 bridgehead atoms. The third-order valence-electron chi connectivity index (χ3n) is 18.6. The Balaban J connectivity index is 0.881. The van der Waals surface area contributed by atoms with E-state index in [2.05, 4.69) is 33.8 Å². The molecular formula is C49H76F3NO17. The molecule has 21 heteroatoms. The van der Waals surface area contributed by atoms with Crippen LogP contribution in [0.4, 0.5) is 13.2 Å². The summed E-state index contributed by atoms with van der Waals surface area (Å²) in [7, 11) is 0. The number of nitrogens with one attached hydrogen (secondary N) is 1. The van der Waals surface area contributed by atoms with Gasteiger partial charge in [0, 0.05) is 18.9 Å².